The number of rotatable bonds is 3. The summed E-state index contributed by atoms with van der Waals surface area (Å²) in [5, 5.41) is 3.63. The second-order valence-corrected chi connectivity index (χ2v) is 6.42. The number of halogens is 2. The maximum absolute atomic E-state index is 12.0. The predicted octanol–water partition coefficient (Wildman–Crippen LogP) is 2.60. The third-order valence-corrected chi connectivity index (χ3v) is 3.01. The van der Waals surface area contributed by atoms with Crippen molar-refractivity contribution in [1.29, 1.82) is 0 Å². The first-order valence-corrected chi connectivity index (χ1v) is 7.12. The normalized spacial score (nSPS) is 19.0. The largest absolute Gasteiger partial charge is 0.460 e. The lowest BCUT2D eigenvalue weighted by molar-refractivity contribution is -0.159. The van der Waals surface area contributed by atoms with Crippen molar-refractivity contribution in [3.8, 4) is 0 Å². The first-order valence-electron chi connectivity index (χ1n) is 6.74. The number of likely N-dealkylation sites (tertiary alicyclic amines) is 1. The Labute approximate surface area is 149 Å². The minimum atomic E-state index is -0.444. The van der Waals surface area contributed by atoms with Crippen LogP contribution in [0.25, 0.3) is 0 Å². The van der Waals surface area contributed by atoms with Gasteiger partial charge in [-0.25, -0.2) is 0 Å². The summed E-state index contributed by atoms with van der Waals surface area (Å²) in [4.78, 5) is 18.3. The van der Waals surface area contributed by atoms with Crippen molar-refractivity contribution < 1.29 is 9.53 Å². The summed E-state index contributed by atoms with van der Waals surface area (Å²) in [6, 6.07) is 0. The number of carbonyl (C=O) groups is 1. The Balaban J connectivity index is 0.00000400. The highest BCUT2D eigenvalue weighted by molar-refractivity contribution is 14.0. The number of guanidine groups is 1. The predicted molar refractivity (Wildman–Crippen MR) is 97.3 cm³/mol. The van der Waals surface area contributed by atoms with Gasteiger partial charge in [-0.1, -0.05) is 18.2 Å². The third kappa shape index (κ3) is 7.35. The number of hydrogen-bond donors (Lipinski definition) is 1. The summed E-state index contributed by atoms with van der Waals surface area (Å²) in [5.74, 6) is 0.488. The van der Waals surface area contributed by atoms with Crippen molar-refractivity contribution in [1.82, 2.24) is 10.2 Å². The van der Waals surface area contributed by atoms with Crippen LogP contribution < -0.4 is 5.32 Å². The topological polar surface area (TPSA) is 53.9 Å². The molecule has 1 fully saturated rings. The van der Waals surface area contributed by atoms with Gasteiger partial charge in [-0.05, 0) is 27.2 Å². The van der Waals surface area contributed by atoms with Gasteiger partial charge in [0.05, 0.1) is 12.5 Å². The van der Waals surface area contributed by atoms with Gasteiger partial charge in [0.15, 0.2) is 5.96 Å². The zero-order chi connectivity index (χ0) is 15.3. The molecule has 0 bridgehead atoms. The Kier molecular flexibility index (Phi) is 8.61. The number of esters is 1. The van der Waals surface area contributed by atoms with E-state index in [1.165, 1.54) is 0 Å². The van der Waals surface area contributed by atoms with Gasteiger partial charge < -0.3 is 15.0 Å². The lowest BCUT2D eigenvalue weighted by Gasteiger charge is -2.23. The van der Waals surface area contributed by atoms with Crippen molar-refractivity contribution in [2.24, 2.45) is 10.9 Å². The maximum atomic E-state index is 12.0. The molecule has 0 aliphatic carbocycles. The highest BCUT2D eigenvalue weighted by Gasteiger charge is 2.33. The van der Waals surface area contributed by atoms with E-state index in [4.69, 9.17) is 16.3 Å². The highest BCUT2D eigenvalue weighted by atomic mass is 127. The molecule has 122 valence electrons. The molecule has 0 aromatic rings. The lowest BCUT2D eigenvalue weighted by Crippen LogP contribution is -2.41. The van der Waals surface area contributed by atoms with Crippen LogP contribution >= 0.6 is 35.6 Å². The molecular formula is C14H25ClIN3O2. The quantitative estimate of drug-likeness (QED) is 0.324. The first-order chi connectivity index (χ1) is 9.23. The number of ether oxygens (including phenoxy) is 1. The molecule has 0 aromatic carbocycles. The second kappa shape index (κ2) is 8.82. The fourth-order valence-electron chi connectivity index (χ4n) is 2.04. The molecule has 21 heavy (non-hydrogen) atoms. The van der Waals surface area contributed by atoms with Crippen molar-refractivity contribution in [2.45, 2.75) is 32.8 Å². The standard InChI is InChI=1S/C14H24ClN3O2.HI/c1-10(15)8-17-13(16-5)18-7-6-11(9-18)12(19)20-14(2,3)4;/h11H,1,6-9H2,2-5H3,(H,16,17);1H. The molecule has 0 aromatic heterocycles. The van der Waals surface area contributed by atoms with Gasteiger partial charge in [-0.15, -0.1) is 24.0 Å². The molecule has 0 radical (unpaired) electrons. The Morgan fingerprint density at radius 3 is 2.62 bits per heavy atom. The molecule has 0 spiro atoms. The molecule has 1 aliphatic rings. The Morgan fingerprint density at radius 2 is 2.14 bits per heavy atom. The van der Waals surface area contributed by atoms with Crippen LogP contribution in [0.1, 0.15) is 27.2 Å². The zero-order valence-electron chi connectivity index (χ0n) is 13.1. The van der Waals surface area contributed by atoms with E-state index < -0.39 is 5.60 Å². The van der Waals surface area contributed by atoms with Crippen molar-refractivity contribution in [2.75, 3.05) is 26.7 Å². The molecule has 1 heterocycles. The van der Waals surface area contributed by atoms with Gasteiger partial charge in [0.2, 0.25) is 0 Å². The number of nitrogens with zero attached hydrogens (tertiary/aromatic N) is 2. The third-order valence-electron chi connectivity index (χ3n) is 2.88. The van der Waals surface area contributed by atoms with Crippen molar-refractivity contribution in [3.63, 3.8) is 0 Å². The fourth-order valence-corrected chi connectivity index (χ4v) is 2.10. The molecule has 1 N–H and O–H groups in total. The monoisotopic (exact) mass is 429 g/mol. The van der Waals surface area contributed by atoms with E-state index >= 15 is 0 Å². The molecular weight excluding hydrogens is 405 g/mol. The SMILES string of the molecule is C=C(Cl)CNC(=NC)N1CCC(C(=O)OC(C)(C)C)C1.I. The Morgan fingerprint density at radius 1 is 1.52 bits per heavy atom. The van der Waals surface area contributed by atoms with Gasteiger partial charge in [0.1, 0.15) is 5.60 Å². The molecule has 1 unspecified atom stereocenters. The molecule has 0 saturated carbocycles. The Hall–Kier alpha value is -0.500. The average Bonchev–Trinajstić information content (AvgIpc) is 2.76. The van der Waals surface area contributed by atoms with Gasteiger partial charge >= 0.3 is 5.97 Å². The Bertz CT molecular complexity index is 408. The van der Waals surface area contributed by atoms with E-state index in [-0.39, 0.29) is 35.9 Å². The van der Waals surface area contributed by atoms with Crippen LogP contribution in [0.5, 0.6) is 0 Å². The van der Waals surface area contributed by atoms with Crippen LogP contribution in [0.4, 0.5) is 0 Å². The smallest absolute Gasteiger partial charge is 0.311 e. The minimum absolute atomic E-state index is 0. The molecule has 1 atom stereocenters. The van der Waals surface area contributed by atoms with E-state index in [0.29, 0.717) is 18.1 Å². The van der Waals surface area contributed by atoms with E-state index in [9.17, 15) is 4.79 Å². The second-order valence-electron chi connectivity index (χ2n) is 5.88. The van der Waals surface area contributed by atoms with Crippen LogP contribution in [0, 0.1) is 5.92 Å². The van der Waals surface area contributed by atoms with Crippen molar-refractivity contribution in [3.05, 3.63) is 11.6 Å². The summed E-state index contributed by atoms with van der Waals surface area (Å²) in [7, 11) is 1.71. The van der Waals surface area contributed by atoms with Gasteiger partial charge in [0.25, 0.3) is 0 Å². The fraction of sp³-hybridized carbons (Fsp3) is 0.714. The molecule has 5 nitrogen and oxygen atoms in total. The van der Waals surface area contributed by atoms with Crippen LogP contribution in [0.3, 0.4) is 0 Å². The van der Waals surface area contributed by atoms with Crippen LogP contribution in [0.2, 0.25) is 0 Å². The van der Waals surface area contributed by atoms with Gasteiger partial charge in [-0.3, -0.25) is 9.79 Å². The van der Waals surface area contributed by atoms with Crippen LogP contribution in [-0.2, 0) is 9.53 Å². The van der Waals surface area contributed by atoms with Gasteiger partial charge in [-0.2, -0.15) is 0 Å². The molecule has 1 aliphatic heterocycles. The van der Waals surface area contributed by atoms with E-state index in [1.807, 2.05) is 25.7 Å². The molecule has 1 rings (SSSR count). The summed E-state index contributed by atoms with van der Waals surface area (Å²) in [6.07, 6.45) is 0.775. The van der Waals surface area contributed by atoms with E-state index in [0.717, 1.165) is 18.9 Å². The zero-order valence-corrected chi connectivity index (χ0v) is 16.2. The molecule has 7 heteroatoms. The number of hydrogen-bond acceptors (Lipinski definition) is 3. The summed E-state index contributed by atoms with van der Waals surface area (Å²) < 4.78 is 5.42. The minimum Gasteiger partial charge on any atom is -0.460 e. The maximum Gasteiger partial charge on any atom is 0.311 e. The van der Waals surface area contributed by atoms with Crippen LogP contribution in [-0.4, -0.2) is 49.1 Å². The van der Waals surface area contributed by atoms with E-state index in [1.54, 1.807) is 7.05 Å². The van der Waals surface area contributed by atoms with E-state index in [2.05, 4.69) is 16.9 Å². The number of nitrogens with one attached hydrogen (secondary N) is 1. The summed E-state index contributed by atoms with van der Waals surface area (Å²) in [5.41, 5.74) is -0.444. The van der Waals surface area contributed by atoms with Crippen molar-refractivity contribution >= 4 is 47.5 Å². The summed E-state index contributed by atoms with van der Waals surface area (Å²) >= 11 is 5.73. The average molecular weight is 430 g/mol. The number of aliphatic imine (C=N–C) groups is 1. The first kappa shape index (κ1) is 20.5. The summed E-state index contributed by atoms with van der Waals surface area (Å²) in [6.45, 7) is 11.1. The highest BCUT2D eigenvalue weighted by Crippen LogP contribution is 2.20. The van der Waals surface area contributed by atoms with Crippen LogP contribution in [0.15, 0.2) is 16.6 Å². The van der Waals surface area contributed by atoms with Gasteiger partial charge in [0, 0.05) is 25.2 Å². The molecule has 1 saturated heterocycles. The lowest BCUT2D eigenvalue weighted by atomic mass is 10.1. The molecule has 0 amide bonds. The number of carbonyl (C=O) groups excluding carboxylic acids is 1.